The lowest BCUT2D eigenvalue weighted by molar-refractivity contribution is -0.118. The third-order valence-corrected chi connectivity index (χ3v) is 5.16. The number of benzene rings is 3. The zero-order valence-electron chi connectivity index (χ0n) is 16.9. The highest BCUT2D eigenvalue weighted by atomic mass is 35.5. The Kier molecular flexibility index (Phi) is 8.34. The fourth-order valence-corrected chi connectivity index (χ4v) is 3.26. The molecule has 0 atom stereocenters. The van der Waals surface area contributed by atoms with Crippen molar-refractivity contribution in [3.63, 3.8) is 0 Å². The lowest BCUT2D eigenvalue weighted by atomic mass is 10.1. The summed E-state index contributed by atoms with van der Waals surface area (Å²) in [6.07, 6.45) is 1.32. The summed E-state index contributed by atoms with van der Waals surface area (Å²) >= 11 is 18.2. The first-order valence-electron chi connectivity index (χ1n) is 9.52. The van der Waals surface area contributed by atoms with Crippen molar-refractivity contribution in [2.45, 2.75) is 0 Å². The predicted molar refractivity (Wildman–Crippen MR) is 131 cm³/mol. The molecule has 9 heteroatoms. The molecule has 33 heavy (non-hydrogen) atoms. The maximum absolute atomic E-state index is 12.6. The molecule has 0 saturated carbocycles. The van der Waals surface area contributed by atoms with Crippen LogP contribution in [0.5, 0.6) is 5.75 Å². The van der Waals surface area contributed by atoms with Gasteiger partial charge in [-0.15, -0.1) is 0 Å². The minimum Gasteiger partial charge on any atom is -0.483 e. The summed E-state index contributed by atoms with van der Waals surface area (Å²) in [4.78, 5) is 24.9. The van der Waals surface area contributed by atoms with E-state index in [0.29, 0.717) is 32.0 Å². The number of carbonyl (C=O) groups is 2. The Bertz CT molecular complexity index is 1270. The average Bonchev–Trinajstić information content (AvgIpc) is 2.79. The lowest BCUT2D eigenvalue weighted by Crippen LogP contribution is -2.20. The Balaban J connectivity index is 1.76. The van der Waals surface area contributed by atoms with Crippen LogP contribution < -0.4 is 15.4 Å². The normalized spacial score (nSPS) is 10.8. The van der Waals surface area contributed by atoms with Crippen LogP contribution >= 0.6 is 34.8 Å². The molecular weight excluding hydrogens is 485 g/mol. The van der Waals surface area contributed by atoms with Crippen LogP contribution in [-0.2, 0) is 9.59 Å². The smallest absolute Gasteiger partial charge is 0.266 e. The van der Waals surface area contributed by atoms with E-state index in [9.17, 15) is 14.9 Å². The number of nitrogens with zero attached hydrogens (tertiary/aromatic N) is 1. The van der Waals surface area contributed by atoms with Gasteiger partial charge in [0, 0.05) is 10.6 Å². The molecule has 0 aliphatic carbocycles. The molecule has 3 rings (SSSR count). The minimum atomic E-state index is -0.659. The highest BCUT2D eigenvalue weighted by Gasteiger charge is 2.14. The van der Waals surface area contributed by atoms with Gasteiger partial charge in [0.2, 0.25) is 0 Å². The monoisotopic (exact) mass is 499 g/mol. The Morgan fingerprint density at radius 3 is 2.12 bits per heavy atom. The van der Waals surface area contributed by atoms with E-state index in [1.807, 2.05) is 6.07 Å². The number of halogens is 3. The summed E-state index contributed by atoms with van der Waals surface area (Å²) in [5.74, 6) is -0.843. The second-order valence-electron chi connectivity index (χ2n) is 6.60. The van der Waals surface area contributed by atoms with Gasteiger partial charge in [0.15, 0.2) is 6.61 Å². The van der Waals surface area contributed by atoms with Crippen LogP contribution in [0.1, 0.15) is 5.56 Å². The highest BCUT2D eigenvalue weighted by molar-refractivity contribution is 6.34. The van der Waals surface area contributed by atoms with Crippen molar-refractivity contribution in [1.29, 1.82) is 5.26 Å². The zero-order valence-corrected chi connectivity index (χ0v) is 19.2. The van der Waals surface area contributed by atoms with Crippen molar-refractivity contribution < 1.29 is 14.3 Å². The third-order valence-electron chi connectivity index (χ3n) is 4.27. The van der Waals surface area contributed by atoms with E-state index in [2.05, 4.69) is 10.6 Å². The van der Waals surface area contributed by atoms with Crippen LogP contribution in [0.2, 0.25) is 15.1 Å². The molecule has 0 bridgehead atoms. The van der Waals surface area contributed by atoms with Gasteiger partial charge in [0.1, 0.15) is 17.4 Å². The molecule has 0 heterocycles. The molecular formula is C24H16Cl3N3O3. The summed E-state index contributed by atoms with van der Waals surface area (Å²) in [5, 5.41) is 15.8. The molecule has 2 amide bonds. The molecule has 0 aromatic heterocycles. The number of carbonyl (C=O) groups excluding carboxylic acids is 2. The molecule has 3 aromatic rings. The zero-order chi connectivity index (χ0) is 23.8. The fraction of sp³-hybridized carbons (Fsp3) is 0.0417. The van der Waals surface area contributed by atoms with E-state index in [1.165, 1.54) is 18.2 Å². The van der Waals surface area contributed by atoms with Gasteiger partial charge in [0.05, 0.1) is 21.4 Å². The summed E-state index contributed by atoms with van der Waals surface area (Å²) in [6, 6.07) is 19.9. The molecule has 6 nitrogen and oxygen atoms in total. The fourth-order valence-electron chi connectivity index (χ4n) is 2.71. The molecule has 0 aliphatic rings. The number of hydrogen-bond donors (Lipinski definition) is 2. The molecule has 2 N–H and O–H groups in total. The van der Waals surface area contributed by atoms with Gasteiger partial charge in [-0.2, -0.15) is 5.26 Å². The van der Waals surface area contributed by atoms with Gasteiger partial charge in [-0.05, 0) is 48.5 Å². The molecule has 0 radical (unpaired) electrons. The number of nitriles is 1. The van der Waals surface area contributed by atoms with Crippen LogP contribution in [0, 0.1) is 11.3 Å². The largest absolute Gasteiger partial charge is 0.483 e. The first-order valence-corrected chi connectivity index (χ1v) is 10.6. The van der Waals surface area contributed by atoms with Gasteiger partial charge >= 0.3 is 0 Å². The standard InChI is InChI=1S/C24H16Cl3N3O3/c25-17-9-10-22(33-14-23(31)29-20-7-3-1-5-18(20)26)15(12-17)11-16(13-28)24(32)30-21-8-4-2-6-19(21)27/h1-12H,14H2,(H,29,31)(H,30,32)/b16-11+. The van der Waals surface area contributed by atoms with Crippen LogP contribution in [0.25, 0.3) is 6.08 Å². The second kappa shape index (κ2) is 11.4. The van der Waals surface area contributed by atoms with Crippen LogP contribution in [0.3, 0.4) is 0 Å². The van der Waals surface area contributed by atoms with Crippen molar-refractivity contribution in [2.75, 3.05) is 17.2 Å². The van der Waals surface area contributed by atoms with E-state index in [-0.39, 0.29) is 17.9 Å². The Morgan fingerprint density at radius 1 is 0.909 bits per heavy atom. The van der Waals surface area contributed by atoms with Gasteiger partial charge in [0.25, 0.3) is 11.8 Å². The first kappa shape index (κ1) is 24.1. The van der Waals surface area contributed by atoms with E-state index in [4.69, 9.17) is 39.5 Å². The molecule has 0 aliphatic heterocycles. The van der Waals surface area contributed by atoms with Crippen LogP contribution in [0.4, 0.5) is 11.4 Å². The number of amides is 2. The lowest BCUT2D eigenvalue weighted by Gasteiger charge is -2.11. The topological polar surface area (TPSA) is 91.2 Å². The van der Waals surface area contributed by atoms with E-state index >= 15 is 0 Å². The summed E-state index contributed by atoms with van der Waals surface area (Å²) < 4.78 is 5.61. The van der Waals surface area contributed by atoms with Crippen LogP contribution in [-0.4, -0.2) is 18.4 Å². The molecule has 0 fully saturated rings. The average molecular weight is 501 g/mol. The van der Waals surface area contributed by atoms with Gasteiger partial charge < -0.3 is 15.4 Å². The molecule has 0 saturated heterocycles. The van der Waals surface area contributed by atoms with Crippen LogP contribution in [0.15, 0.2) is 72.3 Å². The molecule has 0 unspecified atom stereocenters. The number of para-hydroxylation sites is 2. The maximum Gasteiger partial charge on any atom is 0.266 e. The predicted octanol–water partition coefficient (Wildman–Crippen LogP) is 6.21. The van der Waals surface area contributed by atoms with Gasteiger partial charge in [-0.3, -0.25) is 9.59 Å². The summed E-state index contributed by atoms with van der Waals surface area (Å²) in [5.41, 5.74) is 0.956. The van der Waals surface area contributed by atoms with Gasteiger partial charge in [-0.1, -0.05) is 59.1 Å². The van der Waals surface area contributed by atoms with Gasteiger partial charge in [-0.25, -0.2) is 0 Å². The summed E-state index contributed by atoms with van der Waals surface area (Å²) in [6.45, 7) is -0.332. The van der Waals surface area contributed by atoms with E-state index in [1.54, 1.807) is 54.6 Å². The SMILES string of the molecule is N#C/C(=C\c1cc(Cl)ccc1OCC(=O)Nc1ccccc1Cl)C(=O)Nc1ccccc1Cl. The van der Waals surface area contributed by atoms with Crippen molar-refractivity contribution >= 4 is 64.1 Å². The quantitative estimate of drug-likeness (QED) is 0.298. The molecule has 0 spiro atoms. The van der Waals surface area contributed by atoms with E-state index in [0.717, 1.165) is 0 Å². The first-order chi connectivity index (χ1) is 15.9. The van der Waals surface area contributed by atoms with Crippen molar-refractivity contribution in [1.82, 2.24) is 0 Å². The number of ether oxygens (including phenoxy) is 1. The maximum atomic E-state index is 12.6. The summed E-state index contributed by atoms with van der Waals surface area (Å²) in [7, 11) is 0. The second-order valence-corrected chi connectivity index (χ2v) is 7.85. The Labute approximate surface area is 205 Å². The van der Waals surface area contributed by atoms with E-state index < -0.39 is 11.8 Å². The molecule has 3 aromatic carbocycles. The Hall–Kier alpha value is -3.50. The highest BCUT2D eigenvalue weighted by Crippen LogP contribution is 2.27. The number of hydrogen-bond acceptors (Lipinski definition) is 4. The third kappa shape index (κ3) is 6.74. The number of anilines is 2. The number of rotatable bonds is 7. The van der Waals surface area contributed by atoms with Crippen molar-refractivity contribution in [2.24, 2.45) is 0 Å². The molecule has 166 valence electrons. The van der Waals surface area contributed by atoms with Crippen molar-refractivity contribution in [3.8, 4) is 11.8 Å². The minimum absolute atomic E-state index is 0.206. The van der Waals surface area contributed by atoms with Crippen molar-refractivity contribution in [3.05, 3.63) is 92.9 Å². The number of nitrogens with one attached hydrogen (secondary N) is 2. The Morgan fingerprint density at radius 2 is 1.52 bits per heavy atom.